The van der Waals surface area contributed by atoms with E-state index in [0.717, 1.165) is 12.8 Å². The summed E-state index contributed by atoms with van der Waals surface area (Å²) < 4.78 is 33.0. The standard InChI is InChI=1S/C17H29N3O3S/c1-13-5-4-6-14(2)20(13)12-15(11-18)19-24(21,22)17-9-7-16(23-3)8-10-17/h7-10,13-15,19H,4-6,11-12,18H2,1-3H3/t13-,14+,15-/m1/s1. The number of likely N-dealkylation sites (tertiary alicyclic amines) is 1. The molecular weight excluding hydrogens is 326 g/mol. The van der Waals surface area contributed by atoms with Crippen LogP contribution in [0.3, 0.4) is 0 Å². The quantitative estimate of drug-likeness (QED) is 0.775. The number of rotatable bonds is 7. The number of hydrogen-bond acceptors (Lipinski definition) is 5. The first-order chi connectivity index (χ1) is 11.4. The minimum Gasteiger partial charge on any atom is -0.497 e. The van der Waals surface area contributed by atoms with Crippen LogP contribution in [0.1, 0.15) is 33.1 Å². The summed E-state index contributed by atoms with van der Waals surface area (Å²) in [5.74, 6) is 0.625. The number of sulfonamides is 1. The lowest BCUT2D eigenvalue weighted by Gasteiger charge is -2.40. The molecule has 0 spiro atoms. The average Bonchev–Trinajstić information content (AvgIpc) is 2.57. The molecule has 0 amide bonds. The van der Waals surface area contributed by atoms with Gasteiger partial charge in [-0.25, -0.2) is 13.1 Å². The first-order valence-corrected chi connectivity index (χ1v) is 9.98. The van der Waals surface area contributed by atoms with Crippen LogP contribution in [0.2, 0.25) is 0 Å². The van der Waals surface area contributed by atoms with Crippen LogP contribution >= 0.6 is 0 Å². The molecule has 6 nitrogen and oxygen atoms in total. The molecule has 2 rings (SSSR count). The Labute approximate surface area is 145 Å². The predicted molar refractivity (Wildman–Crippen MR) is 95.6 cm³/mol. The molecule has 136 valence electrons. The molecule has 0 radical (unpaired) electrons. The number of nitrogens with two attached hydrogens (primary N) is 1. The van der Waals surface area contributed by atoms with E-state index >= 15 is 0 Å². The summed E-state index contributed by atoms with van der Waals surface area (Å²) in [5, 5.41) is 0. The van der Waals surface area contributed by atoms with E-state index in [9.17, 15) is 8.42 Å². The molecule has 1 aliphatic rings. The Morgan fingerprint density at radius 1 is 1.25 bits per heavy atom. The number of benzene rings is 1. The van der Waals surface area contributed by atoms with Gasteiger partial charge in [0.15, 0.2) is 0 Å². The van der Waals surface area contributed by atoms with Crippen molar-refractivity contribution >= 4 is 10.0 Å². The topological polar surface area (TPSA) is 84.7 Å². The number of nitrogens with zero attached hydrogens (tertiary/aromatic N) is 1. The second kappa shape index (κ2) is 8.29. The molecule has 0 aromatic heterocycles. The van der Waals surface area contributed by atoms with Crippen LogP contribution in [0.15, 0.2) is 29.2 Å². The van der Waals surface area contributed by atoms with Crippen molar-refractivity contribution in [1.82, 2.24) is 9.62 Å². The monoisotopic (exact) mass is 355 g/mol. The van der Waals surface area contributed by atoms with Crippen molar-refractivity contribution in [2.75, 3.05) is 20.2 Å². The average molecular weight is 356 g/mol. The third-order valence-electron chi connectivity index (χ3n) is 4.78. The van der Waals surface area contributed by atoms with Gasteiger partial charge in [-0.2, -0.15) is 0 Å². The highest BCUT2D eigenvalue weighted by atomic mass is 32.2. The predicted octanol–water partition coefficient (Wildman–Crippen LogP) is 1.56. The lowest BCUT2D eigenvalue weighted by molar-refractivity contribution is 0.0950. The zero-order valence-corrected chi connectivity index (χ0v) is 15.6. The van der Waals surface area contributed by atoms with Crippen LogP contribution < -0.4 is 15.2 Å². The summed E-state index contributed by atoms with van der Waals surface area (Å²) in [6.45, 7) is 5.29. The van der Waals surface area contributed by atoms with E-state index in [0.29, 0.717) is 24.4 Å². The lowest BCUT2D eigenvalue weighted by atomic mass is 9.97. The Kier molecular flexibility index (Phi) is 6.62. The molecule has 1 aromatic carbocycles. The fraction of sp³-hybridized carbons (Fsp3) is 0.647. The number of hydrogen-bond donors (Lipinski definition) is 2. The van der Waals surface area contributed by atoms with Crippen molar-refractivity contribution < 1.29 is 13.2 Å². The van der Waals surface area contributed by atoms with Crippen molar-refractivity contribution in [3.8, 4) is 5.75 Å². The van der Waals surface area contributed by atoms with Crippen LogP contribution in [0, 0.1) is 0 Å². The summed E-state index contributed by atoms with van der Waals surface area (Å²) in [4.78, 5) is 2.58. The van der Waals surface area contributed by atoms with Crippen LogP contribution in [0.4, 0.5) is 0 Å². The van der Waals surface area contributed by atoms with Gasteiger partial charge < -0.3 is 10.5 Å². The highest BCUT2D eigenvalue weighted by Crippen LogP contribution is 2.23. The number of methoxy groups -OCH3 is 1. The van der Waals surface area contributed by atoms with Gasteiger partial charge in [-0.1, -0.05) is 6.42 Å². The van der Waals surface area contributed by atoms with Crippen molar-refractivity contribution in [3.63, 3.8) is 0 Å². The molecule has 1 aliphatic heterocycles. The highest BCUT2D eigenvalue weighted by Gasteiger charge is 2.28. The summed E-state index contributed by atoms with van der Waals surface area (Å²) in [6.07, 6.45) is 3.52. The van der Waals surface area contributed by atoms with E-state index in [4.69, 9.17) is 10.5 Å². The Morgan fingerprint density at radius 3 is 2.33 bits per heavy atom. The normalized spacial score (nSPS) is 23.8. The summed E-state index contributed by atoms with van der Waals surface area (Å²) in [7, 11) is -2.05. The molecule has 7 heteroatoms. The van der Waals surface area contributed by atoms with Crippen LogP contribution in [-0.2, 0) is 10.0 Å². The van der Waals surface area contributed by atoms with Gasteiger partial charge in [-0.3, -0.25) is 4.90 Å². The molecule has 1 aromatic rings. The van der Waals surface area contributed by atoms with E-state index in [-0.39, 0.29) is 17.5 Å². The fourth-order valence-corrected chi connectivity index (χ4v) is 4.53. The second-order valence-electron chi connectivity index (χ2n) is 6.56. The van der Waals surface area contributed by atoms with E-state index in [2.05, 4.69) is 23.5 Å². The van der Waals surface area contributed by atoms with Gasteiger partial charge in [0.25, 0.3) is 0 Å². The first kappa shape index (κ1) is 19.2. The highest BCUT2D eigenvalue weighted by molar-refractivity contribution is 7.89. The van der Waals surface area contributed by atoms with Crippen molar-refractivity contribution in [2.24, 2.45) is 5.73 Å². The largest absolute Gasteiger partial charge is 0.497 e. The van der Waals surface area contributed by atoms with Gasteiger partial charge in [-0.05, 0) is 51.0 Å². The number of ether oxygens (including phenoxy) is 1. The summed E-state index contributed by atoms with van der Waals surface area (Å²) >= 11 is 0. The van der Waals surface area contributed by atoms with Crippen LogP contribution in [0.25, 0.3) is 0 Å². The molecule has 0 saturated carbocycles. The summed E-state index contributed by atoms with van der Waals surface area (Å²) in [5.41, 5.74) is 5.84. The minimum atomic E-state index is -3.59. The molecule has 3 N–H and O–H groups in total. The maximum atomic E-state index is 12.6. The lowest BCUT2D eigenvalue weighted by Crippen LogP contribution is -2.53. The fourth-order valence-electron chi connectivity index (χ4n) is 3.29. The molecule has 1 fully saturated rings. The van der Waals surface area contributed by atoms with Gasteiger partial charge in [0.1, 0.15) is 5.75 Å². The molecule has 0 aliphatic carbocycles. The maximum Gasteiger partial charge on any atom is 0.240 e. The zero-order chi connectivity index (χ0) is 17.7. The summed E-state index contributed by atoms with van der Waals surface area (Å²) in [6, 6.07) is 6.96. The zero-order valence-electron chi connectivity index (χ0n) is 14.7. The molecule has 1 heterocycles. The van der Waals surface area contributed by atoms with Gasteiger partial charge in [0.2, 0.25) is 10.0 Å². The number of piperidine rings is 1. The van der Waals surface area contributed by atoms with Crippen molar-refractivity contribution in [2.45, 2.75) is 56.1 Å². The molecular formula is C17H29N3O3S. The smallest absolute Gasteiger partial charge is 0.240 e. The van der Waals surface area contributed by atoms with E-state index in [1.807, 2.05) is 0 Å². The molecule has 3 atom stereocenters. The molecule has 0 bridgehead atoms. The van der Waals surface area contributed by atoms with Gasteiger partial charge in [-0.15, -0.1) is 0 Å². The Balaban J connectivity index is 2.07. The number of nitrogens with one attached hydrogen (secondary N) is 1. The molecule has 24 heavy (non-hydrogen) atoms. The SMILES string of the molecule is COc1ccc(S(=O)(=O)N[C@H](CN)CN2[C@H](C)CCC[C@@H]2C)cc1. The Morgan fingerprint density at radius 2 is 1.83 bits per heavy atom. The Hall–Kier alpha value is -1.15. The van der Waals surface area contributed by atoms with Gasteiger partial charge >= 0.3 is 0 Å². The minimum absolute atomic E-state index is 0.224. The van der Waals surface area contributed by atoms with Crippen molar-refractivity contribution in [3.05, 3.63) is 24.3 Å². The first-order valence-electron chi connectivity index (χ1n) is 8.49. The van der Waals surface area contributed by atoms with Gasteiger partial charge in [0.05, 0.1) is 12.0 Å². The second-order valence-corrected chi connectivity index (χ2v) is 8.27. The van der Waals surface area contributed by atoms with Crippen molar-refractivity contribution in [1.29, 1.82) is 0 Å². The van der Waals surface area contributed by atoms with E-state index in [1.54, 1.807) is 31.4 Å². The third-order valence-corrected chi connectivity index (χ3v) is 6.32. The molecule has 1 saturated heterocycles. The van der Waals surface area contributed by atoms with E-state index < -0.39 is 10.0 Å². The maximum absolute atomic E-state index is 12.6. The van der Waals surface area contributed by atoms with Crippen LogP contribution in [-0.4, -0.2) is 51.6 Å². The van der Waals surface area contributed by atoms with E-state index in [1.165, 1.54) is 6.42 Å². The Bertz CT molecular complexity index is 608. The molecule has 0 unspecified atom stereocenters. The third kappa shape index (κ3) is 4.69. The van der Waals surface area contributed by atoms with Gasteiger partial charge in [0, 0.05) is 31.2 Å². The van der Waals surface area contributed by atoms with Crippen LogP contribution in [0.5, 0.6) is 5.75 Å².